The molecule has 3 aromatic rings. The summed E-state index contributed by atoms with van der Waals surface area (Å²) < 4.78 is 11.3. The summed E-state index contributed by atoms with van der Waals surface area (Å²) in [6, 6.07) is 13.9. The number of hydrogen-bond acceptors (Lipinski definition) is 6. The van der Waals surface area contributed by atoms with Crippen molar-refractivity contribution < 1.29 is 23.9 Å². The number of nitrogens with two attached hydrogens (primary N) is 1. The number of ether oxygens (including phenoxy) is 2. The van der Waals surface area contributed by atoms with Crippen LogP contribution in [0, 0.1) is 5.92 Å². The number of H-pyrrole nitrogens is 1. The Labute approximate surface area is 223 Å². The molecule has 0 bridgehead atoms. The first kappa shape index (κ1) is 27.4. The van der Waals surface area contributed by atoms with Crippen molar-refractivity contribution in [1.29, 1.82) is 0 Å². The van der Waals surface area contributed by atoms with Crippen molar-refractivity contribution in [3.8, 4) is 0 Å². The number of amides is 1. The fourth-order valence-corrected chi connectivity index (χ4v) is 4.65. The number of nitrogens with one attached hydrogen (secondary N) is 2. The van der Waals surface area contributed by atoms with E-state index in [4.69, 9.17) is 15.2 Å². The normalized spacial score (nSPS) is 17.0. The molecule has 8 heteroatoms. The summed E-state index contributed by atoms with van der Waals surface area (Å²) >= 11 is 0. The van der Waals surface area contributed by atoms with Crippen molar-refractivity contribution in [2.45, 2.75) is 77.2 Å². The lowest BCUT2D eigenvalue weighted by molar-refractivity contribution is -0.154. The van der Waals surface area contributed by atoms with Crippen molar-refractivity contribution in [1.82, 2.24) is 10.3 Å². The first-order valence-corrected chi connectivity index (χ1v) is 13.3. The summed E-state index contributed by atoms with van der Waals surface area (Å²) in [5, 5.41) is 3.79. The van der Waals surface area contributed by atoms with Crippen LogP contribution in [0.1, 0.15) is 62.8 Å². The van der Waals surface area contributed by atoms with Gasteiger partial charge < -0.3 is 25.5 Å². The van der Waals surface area contributed by atoms with Gasteiger partial charge in [0.15, 0.2) is 0 Å². The molecule has 0 saturated carbocycles. The van der Waals surface area contributed by atoms with Gasteiger partial charge in [0.1, 0.15) is 24.3 Å². The van der Waals surface area contributed by atoms with E-state index in [2.05, 4.69) is 10.3 Å². The van der Waals surface area contributed by atoms with Gasteiger partial charge in [-0.05, 0) is 54.9 Å². The Bertz CT molecular complexity index is 1280. The third kappa shape index (κ3) is 6.61. The summed E-state index contributed by atoms with van der Waals surface area (Å²) in [4.78, 5) is 41.7. The van der Waals surface area contributed by atoms with Crippen LogP contribution in [0.15, 0.2) is 54.7 Å². The van der Waals surface area contributed by atoms with Crippen LogP contribution in [0.3, 0.4) is 0 Å². The molecule has 8 nitrogen and oxygen atoms in total. The van der Waals surface area contributed by atoms with Gasteiger partial charge >= 0.3 is 11.9 Å². The van der Waals surface area contributed by atoms with Gasteiger partial charge in [-0.25, -0.2) is 4.79 Å². The van der Waals surface area contributed by atoms with Crippen molar-refractivity contribution in [2.75, 3.05) is 0 Å². The van der Waals surface area contributed by atoms with E-state index in [1.807, 2.05) is 75.5 Å². The minimum Gasteiger partial charge on any atom is -0.461 e. The molecule has 2 aromatic carbocycles. The SMILES string of the molecule is CC(C)C(C)OC(=O)C(Cc1c[nH]c2ccccc12)NC(=O)CC[C@@H](N)C(=O)OC1CCc2ccccc21. The lowest BCUT2D eigenvalue weighted by atomic mass is 10.0. The Kier molecular flexibility index (Phi) is 8.84. The molecule has 1 aliphatic carbocycles. The van der Waals surface area contributed by atoms with Crippen LogP contribution in [-0.4, -0.2) is 41.0 Å². The molecule has 4 N–H and O–H groups in total. The Hall–Kier alpha value is -3.65. The Balaban J connectivity index is 1.35. The zero-order valence-corrected chi connectivity index (χ0v) is 22.2. The molecule has 0 fully saturated rings. The van der Waals surface area contributed by atoms with E-state index in [-0.39, 0.29) is 43.3 Å². The molecule has 1 heterocycles. The number of aromatic amines is 1. The maximum atomic E-state index is 13.1. The van der Waals surface area contributed by atoms with Gasteiger partial charge in [-0.15, -0.1) is 0 Å². The Morgan fingerprint density at radius 2 is 1.79 bits per heavy atom. The lowest BCUT2D eigenvalue weighted by Gasteiger charge is -2.22. The third-order valence-corrected chi connectivity index (χ3v) is 7.28. The number of hydrogen-bond donors (Lipinski definition) is 3. The number of benzene rings is 2. The Morgan fingerprint density at radius 1 is 1.05 bits per heavy atom. The molecule has 4 atom stereocenters. The quantitative estimate of drug-likeness (QED) is 0.328. The molecule has 0 saturated heterocycles. The zero-order valence-electron chi connectivity index (χ0n) is 22.2. The van der Waals surface area contributed by atoms with Crippen LogP contribution < -0.4 is 11.1 Å². The maximum absolute atomic E-state index is 13.1. The predicted octanol–water partition coefficient (Wildman–Crippen LogP) is 4.12. The van der Waals surface area contributed by atoms with Gasteiger partial charge in [0, 0.05) is 29.9 Å². The van der Waals surface area contributed by atoms with Gasteiger partial charge in [-0.1, -0.05) is 56.3 Å². The first-order valence-electron chi connectivity index (χ1n) is 13.3. The molecular weight excluding hydrogens is 482 g/mol. The lowest BCUT2D eigenvalue weighted by Crippen LogP contribution is -2.45. The fourth-order valence-electron chi connectivity index (χ4n) is 4.65. The number of fused-ring (bicyclic) bond motifs is 2. The van der Waals surface area contributed by atoms with Crippen molar-refractivity contribution in [3.05, 3.63) is 71.4 Å². The van der Waals surface area contributed by atoms with E-state index >= 15 is 0 Å². The molecule has 1 amide bonds. The minimum absolute atomic E-state index is 0.0189. The predicted molar refractivity (Wildman–Crippen MR) is 145 cm³/mol. The highest BCUT2D eigenvalue weighted by Crippen LogP contribution is 2.34. The van der Waals surface area contributed by atoms with Crippen molar-refractivity contribution in [3.63, 3.8) is 0 Å². The summed E-state index contributed by atoms with van der Waals surface area (Å²) in [5.74, 6) is -1.26. The highest BCUT2D eigenvalue weighted by atomic mass is 16.5. The van der Waals surface area contributed by atoms with E-state index in [0.717, 1.165) is 34.9 Å². The molecule has 38 heavy (non-hydrogen) atoms. The molecule has 1 aliphatic rings. The van der Waals surface area contributed by atoms with E-state index in [9.17, 15) is 14.4 Å². The highest BCUT2D eigenvalue weighted by molar-refractivity contribution is 5.87. The van der Waals surface area contributed by atoms with Crippen LogP contribution in [0.5, 0.6) is 0 Å². The first-order chi connectivity index (χ1) is 18.2. The summed E-state index contributed by atoms with van der Waals surface area (Å²) in [5.41, 5.74) is 10.1. The second kappa shape index (κ2) is 12.3. The minimum atomic E-state index is -0.937. The smallest absolute Gasteiger partial charge is 0.329 e. The molecule has 202 valence electrons. The summed E-state index contributed by atoms with van der Waals surface area (Å²) in [6.07, 6.45) is 3.18. The number of aromatic nitrogens is 1. The fraction of sp³-hybridized carbons (Fsp3) is 0.433. The molecule has 0 spiro atoms. The van der Waals surface area contributed by atoms with Gasteiger partial charge in [0.05, 0.1) is 0 Å². The monoisotopic (exact) mass is 519 g/mol. The number of aryl methyl sites for hydroxylation is 1. The highest BCUT2D eigenvalue weighted by Gasteiger charge is 2.29. The van der Waals surface area contributed by atoms with Crippen molar-refractivity contribution in [2.24, 2.45) is 11.7 Å². The van der Waals surface area contributed by atoms with Crippen LogP contribution in [-0.2, 0) is 36.7 Å². The summed E-state index contributed by atoms with van der Waals surface area (Å²) in [7, 11) is 0. The van der Waals surface area contributed by atoms with Gasteiger partial charge in [-0.2, -0.15) is 0 Å². The van der Waals surface area contributed by atoms with Crippen LogP contribution in [0.25, 0.3) is 10.9 Å². The number of rotatable bonds is 11. The van der Waals surface area contributed by atoms with Gasteiger partial charge in [0.2, 0.25) is 5.91 Å². The molecule has 4 rings (SSSR count). The second-order valence-corrected chi connectivity index (χ2v) is 10.4. The maximum Gasteiger partial charge on any atom is 0.329 e. The molecule has 1 aromatic heterocycles. The number of para-hydroxylation sites is 1. The van der Waals surface area contributed by atoms with E-state index in [0.29, 0.717) is 0 Å². The zero-order chi connectivity index (χ0) is 27.2. The Morgan fingerprint density at radius 3 is 2.58 bits per heavy atom. The van der Waals surface area contributed by atoms with E-state index in [1.54, 1.807) is 0 Å². The average Bonchev–Trinajstić information content (AvgIpc) is 3.51. The molecule has 0 aliphatic heterocycles. The van der Waals surface area contributed by atoms with E-state index < -0.39 is 24.0 Å². The van der Waals surface area contributed by atoms with Gasteiger partial charge in [-0.3, -0.25) is 9.59 Å². The van der Waals surface area contributed by atoms with E-state index in [1.165, 1.54) is 5.56 Å². The van der Waals surface area contributed by atoms with Crippen LogP contribution in [0.2, 0.25) is 0 Å². The van der Waals surface area contributed by atoms with Crippen LogP contribution >= 0.6 is 0 Å². The number of carbonyl (C=O) groups is 3. The molecule has 0 radical (unpaired) electrons. The topological polar surface area (TPSA) is 124 Å². The van der Waals surface area contributed by atoms with Crippen molar-refractivity contribution >= 4 is 28.7 Å². The number of esters is 2. The molecular formula is C30H37N3O5. The van der Waals surface area contributed by atoms with Gasteiger partial charge in [0.25, 0.3) is 0 Å². The standard InChI is InChI=1S/C30H37N3O5/c1-18(2)19(3)37-30(36)26(16-21-17-32-25-11-7-6-9-22(21)25)33-28(34)15-13-24(31)29(35)38-27-14-12-20-8-4-5-10-23(20)27/h4-11,17-19,24,26-27,32H,12-16,31H2,1-3H3,(H,33,34)/t19?,24-,26?,27?/m1/s1. The number of carbonyl (C=O) groups excluding carboxylic acids is 3. The summed E-state index contributed by atoms with van der Waals surface area (Å²) in [6.45, 7) is 5.77. The molecule has 3 unspecified atom stereocenters. The van der Waals surface area contributed by atoms with Crippen LogP contribution in [0.4, 0.5) is 0 Å². The third-order valence-electron chi connectivity index (χ3n) is 7.28. The second-order valence-electron chi connectivity index (χ2n) is 10.4. The average molecular weight is 520 g/mol. The largest absolute Gasteiger partial charge is 0.461 e.